The fourth-order valence-electron chi connectivity index (χ4n) is 1.39. The second-order valence-electron chi connectivity index (χ2n) is 3.96. The monoisotopic (exact) mass is 250 g/mol. The fraction of sp³-hybridized carbons (Fsp3) is 0.286. The van der Waals surface area contributed by atoms with E-state index in [9.17, 15) is 5.11 Å². The summed E-state index contributed by atoms with van der Waals surface area (Å²) in [6.07, 6.45) is 2.05. The van der Waals surface area contributed by atoms with Crippen LogP contribution in [0.1, 0.15) is 13.8 Å². The standard InChI is InChI=1S/C14H18O2S/c1-10(2)7-11(3)9-17-14-8-12(16-4)5-6-13(14)15/h5-8,15H,1,9H2,2-4H3/b11-7-. The normalized spacial score (nSPS) is 11.4. The van der Waals surface area contributed by atoms with Crippen molar-refractivity contribution in [3.8, 4) is 11.5 Å². The van der Waals surface area contributed by atoms with Gasteiger partial charge in [0.2, 0.25) is 0 Å². The van der Waals surface area contributed by atoms with E-state index in [2.05, 4.69) is 13.5 Å². The maximum absolute atomic E-state index is 9.71. The molecule has 3 heteroatoms. The van der Waals surface area contributed by atoms with Crippen molar-refractivity contribution >= 4 is 11.8 Å². The maximum atomic E-state index is 9.71. The lowest BCUT2D eigenvalue weighted by Gasteiger charge is -2.07. The van der Waals surface area contributed by atoms with Gasteiger partial charge in [-0.2, -0.15) is 0 Å². The number of hydrogen-bond acceptors (Lipinski definition) is 3. The highest BCUT2D eigenvalue weighted by atomic mass is 32.2. The molecule has 0 aliphatic heterocycles. The minimum atomic E-state index is 0.291. The molecule has 0 aliphatic carbocycles. The van der Waals surface area contributed by atoms with Gasteiger partial charge >= 0.3 is 0 Å². The molecule has 0 aromatic heterocycles. The van der Waals surface area contributed by atoms with Crippen molar-refractivity contribution in [3.05, 3.63) is 42.0 Å². The molecule has 1 rings (SSSR count). The highest BCUT2D eigenvalue weighted by Crippen LogP contribution is 2.32. The summed E-state index contributed by atoms with van der Waals surface area (Å²) in [5.41, 5.74) is 2.27. The maximum Gasteiger partial charge on any atom is 0.129 e. The van der Waals surface area contributed by atoms with Gasteiger partial charge in [0.15, 0.2) is 0 Å². The molecule has 0 fully saturated rings. The second-order valence-corrected chi connectivity index (χ2v) is 4.98. The molecule has 2 nitrogen and oxygen atoms in total. The highest BCUT2D eigenvalue weighted by molar-refractivity contribution is 7.99. The van der Waals surface area contributed by atoms with Crippen LogP contribution in [0.4, 0.5) is 0 Å². The Morgan fingerprint density at radius 2 is 2.18 bits per heavy atom. The van der Waals surface area contributed by atoms with Crippen LogP contribution in [0.3, 0.4) is 0 Å². The lowest BCUT2D eigenvalue weighted by molar-refractivity contribution is 0.409. The van der Waals surface area contributed by atoms with E-state index < -0.39 is 0 Å². The van der Waals surface area contributed by atoms with Crippen LogP contribution in [0.15, 0.2) is 46.9 Å². The summed E-state index contributed by atoms with van der Waals surface area (Å²) in [4.78, 5) is 0.832. The summed E-state index contributed by atoms with van der Waals surface area (Å²) in [5.74, 6) is 1.87. The van der Waals surface area contributed by atoms with Crippen LogP contribution in [0.5, 0.6) is 11.5 Å². The minimum Gasteiger partial charge on any atom is -0.507 e. The van der Waals surface area contributed by atoms with Gasteiger partial charge in [-0.1, -0.05) is 23.8 Å². The van der Waals surface area contributed by atoms with Gasteiger partial charge in [-0.25, -0.2) is 0 Å². The summed E-state index contributed by atoms with van der Waals surface area (Å²) in [6, 6.07) is 5.24. The van der Waals surface area contributed by atoms with Crippen LogP contribution in [-0.4, -0.2) is 18.0 Å². The van der Waals surface area contributed by atoms with Crippen LogP contribution in [0.2, 0.25) is 0 Å². The Labute approximate surface area is 107 Å². The first kappa shape index (κ1) is 13.7. The van der Waals surface area contributed by atoms with Gasteiger partial charge in [0, 0.05) is 5.75 Å². The molecule has 0 amide bonds. The molecule has 1 aromatic carbocycles. The average molecular weight is 250 g/mol. The third-order valence-corrected chi connectivity index (χ3v) is 3.35. The van der Waals surface area contributed by atoms with Crippen molar-refractivity contribution in [2.75, 3.05) is 12.9 Å². The summed E-state index contributed by atoms with van der Waals surface area (Å²) in [5, 5.41) is 9.71. The zero-order chi connectivity index (χ0) is 12.8. The number of phenols is 1. The number of methoxy groups -OCH3 is 1. The molecule has 0 spiro atoms. The van der Waals surface area contributed by atoms with Gasteiger partial charge in [-0.05, 0) is 32.0 Å². The zero-order valence-electron chi connectivity index (χ0n) is 10.5. The lowest BCUT2D eigenvalue weighted by Crippen LogP contribution is -1.86. The largest absolute Gasteiger partial charge is 0.507 e. The molecule has 0 atom stereocenters. The summed E-state index contributed by atoms with van der Waals surface area (Å²) in [7, 11) is 1.62. The van der Waals surface area contributed by atoms with Crippen LogP contribution in [-0.2, 0) is 0 Å². The second kappa shape index (κ2) is 6.40. The third kappa shape index (κ3) is 4.57. The average Bonchev–Trinajstić information content (AvgIpc) is 2.27. The Balaban J connectivity index is 2.72. The van der Waals surface area contributed by atoms with Crippen molar-refractivity contribution in [1.82, 2.24) is 0 Å². The van der Waals surface area contributed by atoms with E-state index in [-0.39, 0.29) is 0 Å². The smallest absolute Gasteiger partial charge is 0.129 e. The number of allylic oxidation sites excluding steroid dienone is 2. The zero-order valence-corrected chi connectivity index (χ0v) is 11.3. The molecule has 1 N–H and O–H groups in total. The Morgan fingerprint density at radius 3 is 2.76 bits per heavy atom. The number of phenolic OH excluding ortho intramolecular Hbond substituents is 1. The Hall–Kier alpha value is -1.35. The van der Waals surface area contributed by atoms with Gasteiger partial charge < -0.3 is 9.84 Å². The molecule has 0 bridgehead atoms. The van der Waals surface area contributed by atoms with E-state index in [0.29, 0.717) is 5.75 Å². The molecule has 1 aromatic rings. The Morgan fingerprint density at radius 1 is 1.47 bits per heavy atom. The molecule has 92 valence electrons. The van der Waals surface area contributed by atoms with Crippen molar-refractivity contribution in [3.63, 3.8) is 0 Å². The minimum absolute atomic E-state index is 0.291. The number of hydrogen-bond donors (Lipinski definition) is 1. The van der Waals surface area contributed by atoms with Gasteiger partial charge in [-0.15, -0.1) is 11.8 Å². The van der Waals surface area contributed by atoms with Gasteiger partial charge in [0.05, 0.1) is 12.0 Å². The first-order chi connectivity index (χ1) is 8.02. The van der Waals surface area contributed by atoms with E-state index in [1.807, 2.05) is 19.1 Å². The van der Waals surface area contributed by atoms with Gasteiger partial charge in [0.25, 0.3) is 0 Å². The number of benzene rings is 1. The molecule has 0 saturated heterocycles. The van der Waals surface area contributed by atoms with E-state index in [0.717, 1.165) is 22.0 Å². The van der Waals surface area contributed by atoms with Crippen molar-refractivity contribution in [2.45, 2.75) is 18.7 Å². The summed E-state index contributed by atoms with van der Waals surface area (Å²) < 4.78 is 5.13. The van der Waals surface area contributed by atoms with Crippen molar-refractivity contribution in [2.24, 2.45) is 0 Å². The number of rotatable bonds is 5. The Kier molecular flexibility index (Phi) is 5.16. The molecule has 0 aliphatic rings. The van der Waals surface area contributed by atoms with E-state index in [1.165, 1.54) is 5.57 Å². The predicted molar refractivity (Wildman–Crippen MR) is 74.0 cm³/mol. The van der Waals surface area contributed by atoms with Crippen LogP contribution < -0.4 is 4.74 Å². The molecular formula is C14H18O2S. The first-order valence-corrected chi connectivity index (χ1v) is 6.34. The SMILES string of the molecule is C=C(C)/C=C(/C)CSc1cc(OC)ccc1O. The Bertz CT molecular complexity index is 436. The van der Waals surface area contributed by atoms with E-state index >= 15 is 0 Å². The van der Waals surface area contributed by atoms with Gasteiger partial charge in [-0.3, -0.25) is 0 Å². The third-order valence-electron chi connectivity index (χ3n) is 2.12. The van der Waals surface area contributed by atoms with E-state index in [1.54, 1.807) is 31.0 Å². The summed E-state index contributed by atoms with van der Waals surface area (Å²) >= 11 is 1.59. The molecule has 0 unspecified atom stereocenters. The topological polar surface area (TPSA) is 29.5 Å². The van der Waals surface area contributed by atoms with Crippen LogP contribution >= 0.6 is 11.8 Å². The first-order valence-electron chi connectivity index (χ1n) is 5.35. The fourth-order valence-corrected chi connectivity index (χ4v) is 2.27. The molecule has 0 saturated carbocycles. The quantitative estimate of drug-likeness (QED) is 0.632. The molecule has 17 heavy (non-hydrogen) atoms. The number of thioether (sulfide) groups is 1. The summed E-state index contributed by atoms with van der Waals surface area (Å²) in [6.45, 7) is 7.86. The van der Waals surface area contributed by atoms with Crippen LogP contribution in [0.25, 0.3) is 0 Å². The van der Waals surface area contributed by atoms with Gasteiger partial charge in [0.1, 0.15) is 11.5 Å². The van der Waals surface area contributed by atoms with Crippen LogP contribution in [0, 0.1) is 0 Å². The molecular weight excluding hydrogens is 232 g/mol. The molecule has 0 heterocycles. The predicted octanol–water partition coefficient (Wildman–Crippen LogP) is 4.02. The highest BCUT2D eigenvalue weighted by Gasteiger charge is 2.04. The lowest BCUT2D eigenvalue weighted by atomic mass is 10.2. The van der Waals surface area contributed by atoms with E-state index in [4.69, 9.17) is 4.74 Å². The molecule has 0 radical (unpaired) electrons. The number of aromatic hydroxyl groups is 1. The van der Waals surface area contributed by atoms with Crippen molar-refractivity contribution in [1.29, 1.82) is 0 Å². The number of ether oxygens (including phenoxy) is 1. The van der Waals surface area contributed by atoms with Crippen molar-refractivity contribution < 1.29 is 9.84 Å².